The Morgan fingerprint density at radius 3 is 2.44 bits per heavy atom. The monoisotopic (exact) mass is 371 g/mol. The second-order valence-electron chi connectivity index (χ2n) is 6.29. The molecule has 0 heterocycles. The van der Waals surface area contributed by atoms with Gasteiger partial charge in [-0.25, -0.2) is 9.59 Å². The summed E-state index contributed by atoms with van der Waals surface area (Å²) in [5, 5.41) is 15.1. The number of rotatable bonds is 7. The molecule has 0 aliphatic carbocycles. The lowest BCUT2D eigenvalue weighted by atomic mass is 10.1. The van der Waals surface area contributed by atoms with Crippen molar-refractivity contribution in [3.8, 4) is 0 Å². The first-order chi connectivity index (χ1) is 12.9. The van der Waals surface area contributed by atoms with Gasteiger partial charge in [0.15, 0.2) is 0 Å². The summed E-state index contributed by atoms with van der Waals surface area (Å²) in [6, 6.07) is 13.7. The zero-order valence-electron chi connectivity index (χ0n) is 15.7. The third-order valence-electron chi connectivity index (χ3n) is 4.03. The number of benzene rings is 2. The zero-order chi connectivity index (χ0) is 19.8. The molecule has 0 spiro atoms. The van der Waals surface area contributed by atoms with Crippen LogP contribution in [0.5, 0.6) is 0 Å². The van der Waals surface area contributed by atoms with Crippen LogP contribution in [0.2, 0.25) is 0 Å². The fraction of sp³-hybridized carbons (Fsp3) is 0.300. The predicted octanol–water partition coefficient (Wildman–Crippen LogP) is 2.26. The van der Waals surface area contributed by atoms with E-state index in [2.05, 4.69) is 10.6 Å². The summed E-state index contributed by atoms with van der Waals surface area (Å²) in [7, 11) is 4.94. The van der Waals surface area contributed by atoms with Gasteiger partial charge in [-0.05, 0) is 30.2 Å². The van der Waals surface area contributed by atoms with Crippen molar-refractivity contribution < 1.29 is 19.4 Å². The normalized spacial score (nSPS) is 11.4. The topological polar surface area (TPSA) is 90.9 Å². The Morgan fingerprint density at radius 2 is 1.85 bits per heavy atom. The molecule has 2 aromatic carbocycles. The molecule has 0 fully saturated rings. The highest BCUT2D eigenvalue weighted by Gasteiger charge is 2.16. The number of carbonyl (C=O) groups is 2. The molecule has 2 aromatic rings. The van der Waals surface area contributed by atoms with Gasteiger partial charge in [0.1, 0.15) is 0 Å². The molecule has 3 N–H and O–H groups in total. The van der Waals surface area contributed by atoms with Crippen LogP contribution < -0.4 is 15.5 Å². The van der Waals surface area contributed by atoms with E-state index in [-0.39, 0.29) is 6.61 Å². The molecule has 144 valence electrons. The van der Waals surface area contributed by atoms with Crippen molar-refractivity contribution in [1.82, 2.24) is 5.32 Å². The van der Waals surface area contributed by atoms with Gasteiger partial charge in [-0.2, -0.15) is 0 Å². The number of amides is 2. The highest BCUT2D eigenvalue weighted by atomic mass is 16.5. The molecule has 27 heavy (non-hydrogen) atoms. The molecular weight excluding hydrogens is 346 g/mol. The van der Waals surface area contributed by atoms with Gasteiger partial charge in [-0.1, -0.05) is 30.3 Å². The van der Waals surface area contributed by atoms with Gasteiger partial charge in [0.2, 0.25) is 0 Å². The molecule has 0 aliphatic rings. The Morgan fingerprint density at radius 1 is 1.15 bits per heavy atom. The van der Waals surface area contributed by atoms with Crippen LogP contribution in [0.4, 0.5) is 16.2 Å². The number of nitrogens with zero attached hydrogens (tertiary/aromatic N) is 1. The first-order valence-electron chi connectivity index (χ1n) is 8.56. The largest absolute Gasteiger partial charge is 0.465 e. The van der Waals surface area contributed by atoms with Crippen molar-refractivity contribution in [2.75, 3.05) is 38.0 Å². The molecule has 0 saturated heterocycles. The molecule has 0 saturated carbocycles. The summed E-state index contributed by atoms with van der Waals surface area (Å²) in [6.45, 7) is -0.176. The van der Waals surface area contributed by atoms with E-state index in [4.69, 9.17) is 4.74 Å². The molecule has 7 heteroatoms. The summed E-state index contributed by atoms with van der Waals surface area (Å²) in [5.41, 5.74) is 2.62. The fourth-order valence-corrected chi connectivity index (χ4v) is 2.66. The fourth-order valence-electron chi connectivity index (χ4n) is 2.66. The van der Waals surface area contributed by atoms with E-state index in [1.54, 1.807) is 23.1 Å². The number of nitrogens with one attached hydrogen (secondary N) is 2. The van der Waals surface area contributed by atoms with Crippen LogP contribution in [0.15, 0.2) is 48.5 Å². The molecule has 2 amide bonds. The average molecular weight is 371 g/mol. The quantitative estimate of drug-likeness (QED) is 0.650. The van der Waals surface area contributed by atoms with Crippen molar-refractivity contribution in [2.45, 2.75) is 12.5 Å². The molecule has 0 radical (unpaired) electrons. The van der Waals surface area contributed by atoms with Crippen LogP contribution in [0.1, 0.15) is 15.9 Å². The number of esters is 1. The maximum atomic E-state index is 12.4. The van der Waals surface area contributed by atoms with Crippen molar-refractivity contribution in [3.63, 3.8) is 0 Å². The van der Waals surface area contributed by atoms with Gasteiger partial charge in [-0.3, -0.25) is 0 Å². The van der Waals surface area contributed by atoms with E-state index < -0.39 is 18.0 Å². The smallest absolute Gasteiger partial charge is 0.337 e. The van der Waals surface area contributed by atoms with E-state index in [9.17, 15) is 14.7 Å². The third-order valence-corrected chi connectivity index (χ3v) is 4.03. The van der Waals surface area contributed by atoms with E-state index >= 15 is 0 Å². The highest BCUT2D eigenvalue weighted by Crippen LogP contribution is 2.26. The summed E-state index contributed by atoms with van der Waals surface area (Å²) in [4.78, 5) is 25.9. The van der Waals surface area contributed by atoms with Crippen molar-refractivity contribution >= 4 is 23.4 Å². The van der Waals surface area contributed by atoms with E-state index in [0.717, 1.165) is 5.56 Å². The number of methoxy groups -OCH3 is 1. The summed E-state index contributed by atoms with van der Waals surface area (Å²) in [5.74, 6) is -0.447. The molecule has 0 aliphatic heterocycles. The second-order valence-corrected chi connectivity index (χ2v) is 6.29. The number of anilines is 2. The number of carbonyl (C=O) groups excluding carboxylic acids is 2. The van der Waals surface area contributed by atoms with Gasteiger partial charge in [0.25, 0.3) is 0 Å². The number of hydrogen-bond acceptors (Lipinski definition) is 5. The minimum Gasteiger partial charge on any atom is -0.465 e. The zero-order valence-corrected chi connectivity index (χ0v) is 15.7. The highest BCUT2D eigenvalue weighted by molar-refractivity contribution is 5.97. The predicted molar refractivity (Wildman–Crippen MR) is 105 cm³/mol. The molecular formula is C20H25N3O4. The number of hydrogen-bond donors (Lipinski definition) is 3. The molecule has 0 bridgehead atoms. The maximum absolute atomic E-state index is 12.4. The number of aliphatic hydroxyl groups excluding tert-OH is 1. The Hall–Kier alpha value is -3.06. The minimum atomic E-state index is -0.447. The Labute approximate surface area is 158 Å². The molecule has 2 rings (SSSR count). The molecule has 0 unspecified atom stereocenters. The number of urea groups is 1. The Balaban J connectivity index is 2.08. The van der Waals surface area contributed by atoms with Gasteiger partial charge in [-0.15, -0.1) is 0 Å². The average Bonchev–Trinajstić information content (AvgIpc) is 2.67. The van der Waals surface area contributed by atoms with Gasteiger partial charge in [0.05, 0.1) is 36.7 Å². The number of ether oxygens (including phenoxy) is 1. The maximum Gasteiger partial charge on any atom is 0.337 e. The SMILES string of the molecule is COC(=O)c1ccc(NC(=O)N[C@@H](CO)Cc2ccccc2)c(N(C)C)c1. The summed E-state index contributed by atoms with van der Waals surface area (Å²) in [6.07, 6.45) is 0.520. The van der Waals surface area contributed by atoms with Gasteiger partial charge in [0, 0.05) is 14.1 Å². The van der Waals surface area contributed by atoms with Gasteiger partial charge >= 0.3 is 12.0 Å². The lowest BCUT2D eigenvalue weighted by molar-refractivity contribution is 0.0601. The second kappa shape index (κ2) is 9.59. The Kier molecular flexibility index (Phi) is 7.19. The van der Waals surface area contributed by atoms with Crippen molar-refractivity contribution in [1.29, 1.82) is 0 Å². The van der Waals surface area contributed by atoms with Crippen LogP contribution >= 0.6 is 0 Å². The first-order valence-corrected chi connectivity index (χ1v) is 8.56. The lowest BCUT2D eigenvalue weighted by Gasteiger charge is -2.21. The van der Waals surface area contributed by atoms with Crippen LogP contribution in [0, 0.1) is 0 Å². The Bertz CT molecular complexity index is 778. The summed E-state index contributed by atoms with van der Waals surface area (Å²) >= 11 is 0. The van der Waals surface area contributed by atoms with E-state index in [1.807, 2.05) is 44.4 Å². The summed E-state index contributed by atoms with van der Waals surface area (Å²) < 4.78 is 4.73. The van der Waals surface area contributed by atoms with Crippen molar-refractivity contribution in [3.05, 3.63) is 59.7 Å². The van der Waals surface area contributed by atoms with Crippen LogP contribution in [-0.2, 0) is 11.2 Å². The number of aliphatic hydroxyl groups is 1. The van der Waals surface area contributed by atoms with Crippen molar-refractivity contribution in [2.24, 2.45) is 0 Å². The molecule has 7 nitrogen and oxygen atoms in total. The minimum absolute atomic E-state index is 0.176. The van der Waals surface area contributed by atoms with Gasteiger partial charge < -0.3 is 25.4 Å². The van der Waals surface area contributed by atoms with E-state index in [1.165, 1.54) is 7.11 Å². The molecule has 1 atom stereocenters. The van der Waals surface area contributed by atoms with Crippen LogP contribution in [-0.4, -0.2) is 51.0 Å². The molecule has 0 aromatic heterocycles. The van der Waals surface area contributed by atoms with E-state index in [0.29, 0.717) is 23.4 Å². The van der Waals surface area contributed by atoms with Crippen LogP contribution in [0.3, 0.4) is 0 Å². The first kappa shape index (κ1) is 20.3. The lowest BCUT2D eigenvalue weighted by Crippen LogP contribution is -2.41. The third kappa shape index (κ3) is 5.72. The van der Waals surface area contributed by atoms with Crippen LogP contribution in [0.25, 0.3) is 0 Å². The standard InChI is InChI=1S/C20H25N3O4/c1-23(2)18-12-15(19(25)27-3)9-10-17(18)22-20(26)21-16(13-24)11-14-7-5-4-6-8-14/h4-10,12,16,24H,11,13H2,1-3H3,(H2,21,22,26)/t16-/m1/s1.